The molecule has 0 aromatic carbocycles. The van der Waals surface area contributed by atoms with Crippen LogP contribution in [-0.2, 0) is 19.3 Å². The maximum absolute atomic E-state index is 9.69. The van der Waals surface area contributed by atoms with Crippen LogP contribution in [0.25, 0.3) is 0 Å². The molecule has 0 radical (unpaired) electrons. The Morgan fingerprint density at radius 3 is 2.11 bits per heavy atom. The predicted molar refractivity (Wildman–Crippen MR) is 25.6 cm³/mol. The number of hydrogen-bond donors (Lipinski definition) is 2. The number of aliphatic hydroxyl groups is 1. The molecule has 6 nitrogen and oxygen atoms in total. The molecule has 0 bridgehead atoms. The summed E-state index contributed by atoms with van der Waals surface area (Å²) in [6, 6.07) is 0. The molecule has 0 rings (SSSR count). The van der Waals surface area contributed by atoms with E-state index in [9.17, 15) is 8.42 Å². The lowest BCUT2D eigenvalue weighted by molar-refractivity contribution is -0.200. The molecule has 0 fully saturated rings. The number of ether oxygens (including phenoxy) is 1. The topological polar surface area (TPSA) is 93.1 Å². The van der Waals surface area contributed by atoms with Gasteiger partial charge in [0.1, 0.15) is 0 Å². The summed E-state index contributed by atoms with van der Waals surface area (Å²) >= 11 is 0. The van der Waals surface area contributed by atoms with Crippen molar-refractivity contribution in [2.75, 3.05) is 7.11 Å². The first-order valence-electron chi connectivity index (χ1n) is 1.82. The summed E-state index contributed by atoms with van der Waals surface area (Å²) in [5, 5.41) is 8.21. The maximum atomic E-state index is 9.69. The Kier molecular flexibility index (Phi) is 3.01. The molecule has 0 aliphatic heterocycles. The van der Waals surface area contributed by atoms with E-state index in [-0.39, 0.29) is 0 Å². The summed E-state index contributed by atoms with van der Waals surface area (Å²) in [5.41, 5.74) is 0. The predicted octanol–water partition coefficient (Wildman–Crippen LogP) is -1.27. The van der Waals surface area contributed by atoms with Gasteiger partial charge in [0.2, 0.25) is 0 Å². The van der Waals surface area contributed by atoms with Crippen LogP contribution in [0.5, 0.6) is 0 Å². The van der Waals surface area contributed by atoms with Crippen LogP contribution >= 0.6 is 0 Å². The van der Waals surface area contributed by atoms with Crippen LogP contribution in [0.15, 0.2) is 0 Å². The summed E-state index contributed by atoms with van der Waals surface area (Å²) in [5.74, 6) is 0. The molecule has 0 amide bonds. The maximum Gasteiger partial charge on any atom is 0.401 e. The molecular weight excluding hydrogens is 152 g/mol. The van der Waals surface area contributed by atoms with Gasteiger partial charge in [0.15, 0.2) is 0 Å². The first kappa shape index (κ1) is 8.79. The fourth-order valence-electron chi connectivity index (χ4n) is 0.143. The van der Waals surface area contributed by atoms with Crippen LogP contribution in [-0.4, -0.2) is 31.7 Å². The highest BCUT2D eigenvalue weighted by Gasteiger charge is 2.11. The van der Waals surface area contributed by atoms with Crippen LogP contribution in [0.4, 0.5) is 0 Å². The summed E-state index contributed by atoms with van der Waals surface area (Å²) in [7, 11) is -3.60. The van der Waals surface area contributed by atoms with Gasteiger partial charge in [0.05, 0.1) is 0 Å². The van der Waals surface area contributed by atoms with E-state index in [1.165, 1.54) is 0 Å². The quantitative estimate of drug-likeness (QED) is 0.393. The second kappa shape index (κ2) is 3.08. The van der Waals surface area contributed by atoms with Crippen molar-refractivity contribution in [1.82, 2.24) is 0 Å². The highest BCUT2D eigenvalue weighted by Crippen LogP contribution is 1.92. The zero-order valence-electron chi connectivity index (χ0n) is 4.51. The number of hydrogen-bond acceptors (Lipinski definition) is 5. The number of aliphatic hydroxyl groups excluding tert-OH is 1. The summed E-state index contributed by atoms with van der Waals surface area (Å²) in [6.45, 7) is -1.94. The van der Waals surface area contributed by atoms with Gasteiger partial charge in [-0.2, -0.15) is 12.6 Å². The van der Waals surface area contributed by atoms with Crippen molar-refractivity contribution in [2.45, 2.75) is 6.48 Å². The van der Waals surface area contributed by atoms with Crippen molar-refractivity contribution < 1.29 is 27.0 Å². The molecule has 0 aromatic heterocycles. The lowest BCUT2D eigenvalue weighted by Gasteiger charge is -2.03. The van der Waals surface area contributed by atoms with E-state index < -0.39 is 16.9 Å². The van der Waals surface area contributed by atoms with Gasteiger partial charge in [-0.05, 0) is 0 Å². The molecular formula is C2H6O6S. The Morgan fingerprint density at radius 2 is 2.00 bits per heavy atom. The van der Waals surface area contributed by atoms with E-state index in [4.69, 9.17) is 9.66 Å². The van der Waals surface area contributed by atoms with E-state index in [0.29, 0.717) is 0 Å². The molecule has 0 aliphatic rings. The van der Waals surface area contributed by atoms with Gasteiger partial charge in [-0.3, -0.25) is 4.55 Å². The average molecular weight is 158 g/mol. The average Bonchev–Trinajstić information content (AvgIpc) is 1.62. The van der Waals surface area contributed by atoms with Gasteiger partial charge < -0.3 is 9.84 Å². The smallest absolute Gasteiger partial charge is 0.345 e. The van der Waals surface area contributed by atoms with Crippen molar-refractivity contribution >= 4 is 10.4 Å². The SMILES string of the molecule is COC(O)OS(=O)(=O)O. The van der Waals surface area contributed by atoms with Gasteiger partial charge in [-0.15, -0.1) is 0 Å². The van der Waals surface area contributed by atoms with Crippen LogP contribution in [0, 0.1) is 0 Å². The molecule has 9 heavy (non-hydrogen) atoms. The Balaban J connectivity index is 3.75. The van der Waals surface area contributed by atoms with Gasteiger partial charge in [0.25, 0.3) is 6.48 Å². The molecule has 0 aromatic rings. The van der Waals surface area contributed by atoms with Gasteiger partial charge in [-0.1, -0.05) is 0 Å². The molecule has 7 heteroatoms. The van der Waals surface area contributed by atoms with Crippen molar-refractivity contribution in [2.24, 2.45) is 0 Å². The minimum Gasteiger partial charge on any atom is -0.345 e. The van der Waals surface area contributed by atoms with Crippen LogP contribution in [0.3, 0.4) is 0 Å². The van der Waals surface area contributed by atoms with Crippen LogP contribution in [0.1, 0.15) is 0 Å². The third-order valence-electron chi connectivity index (χ3n) is 0.406. The van der Waals surface area contributed by atoms with Crippen LogP contribution < -0.4 is 0 Å². The molecule has 0 spiro atoms. The lowest BCUT2D eigenvalue weighted by atomic mass is 11.3. The van der Waals surface area contributed by atoms with E-state index >= 15 is 0 Å². The third-order valence-corrected chi connectivity index (χ3v) is 0.813. The zero-order valence-corrected chi connectivity index (χ0v) is 5.33. The Bertz CT molecular complexity index is 158. The van der Waals surface area contributed by atoms with Crippen molar-refractivity contribution in [3.8, 4) is 0 Å². The fourth-order valence-corrected chi connectivity index (χ4v) is 0.430. The second-order valence-corrected chi connectivity index (χ2v) is 2.11. The Labute approximate surface area is 52.0 Å². The Hall–Kier alpha value is -0.210. The van der Waals surface area contributed by atoms with Gasteiger partial charge >= 0.3 is 10.4 Å². The first-order valence-corrected chi connectivity index (χ1v) is 3.19. The molecule has 2 N–H and O–H groups in total. The van der Waals surface area contributed by atoms with Crippen molar-refractivity contribution in [1.29, 1.82) is 0 Å². The number of rotatable bonds is 3. The zero-order chi connectivity index (χ0) is 7.49. The van der Waals surface area contributed by atoms with E-state index in [1.807, 2.05) is 0 Å². The largest absolute Gasteiger partial charge is 0.401 e. The van der Waals surface area contributed by atoms with E-state index in [1.54, 1.807) is 0 Å². The van der Waals surface area contributed by atoms with Crippen LogP contribution in [0.2, 0.25) is 0 Å². The first-order chi connectivity index (χ1) is 3.95. The van der Waals surface area contributed by atoms with Crippen molar-refractivity contribution in [3.63, 3.8) is 0 Å². The van der Waals surface area contributed by atoms with E-state index in [2.05, 4.69) is 8.92 Å². The molecule has 0 heterocycles. The summed E-state index contributed by atoms with van der Waals surface area (Å²) in [4.78, 5) is 0. The monoisotopic (exact) mass is 158 g/mol. The third kappa shape index (κ3) is 5.66. The fraction of sp³-hybridized carbons (Fsp3) is 1.00. The van der Waals surface area contributed by atoms with Gasteiger partial charge in [-0.25, -0.2) is 0 Å². The number of methoxy groups -OCH3 is 1. The van der Waals surface area contributed by atoms with Gasteiger partial charge in [0, 0.05) is 7.11 Å². The van der Waals surface area contributed by atoms with E-state index in [0.717, 1.165) is 7.11 Å². The molecule has 0 saturated carbocycles. The highest BCUT2D eigenvalue weighted by molar-refractivity contribution is 7.80. The Morgan fingerprint density at radius 1 is 1.56 bits per heavy atom. The summed E-state index contributed by atoms with van der Waals surface area (Å²) < 4.78 is 34.6. The molecule has 1 unspecified atom stereocenters. The minimum atomic E-state index is -4.61. The second-order valence-electron chi connectivity index (χ2n) is 1.07. The standard InChI is InChI=1S/C2H6O6S/c1-7-2(3)8-9(4,5)6/h2-3H,1H3,(H,4,5,6). The summed E-state index contributed by atoms with van der Waals surface area (Å²) in [6.07, 6.45) is 0. The normalized spacial score (nSPS) is 15.4. The van der Waals surface area contributed by atoms with Crippen molar-refractivity contribution in [3.05, 3.63) is 0 Å². The molecule has 1 atom stereocenters. The lowest BCUT2D eigenvalue weighted by Crippen LogP contribution is -2.18. The molecule has 0 saturated heterocycles. The molecule has 56 valence electrons. The molecule has 0 aliphatic carbocycles. The highest BCUT2D eigenvalue weighted by atomic mass is 32.3. The minimum absolute atomic E-state index is 1.01.